The van der Waals surface area contributed by atoms with Crippen LogP contribution in [0, 0.1) is 0 Å². The maximum Gasteiger partial charge on any atom is 0.338 e. The van der Waals surface area contributed by atoms with Crippen molar-refractivity contribution in [3.05, 3.63) is 228 Å². The second-order valence-electron chi connectivity index (χ2n) is 16.7. The van der Waals surface area contributed by atoms with Crippen LogP contribution in [-0.2, 0) is 73.8 Å². The molecule has 364 valence electrons. The van der Waals surface area contributed by atoms with Crippen LogP contribution in [0.15, 0.2) is 195 Å². The topological polar surface area (TPSA) is 147 Å². The number of benzene rings is 6. The summed E-state index contributed by atoms with van der Waals surface area (Å²) in [5, 5.41) is 11.0. The van der Waals surface area contributed by atoms with Gasteiger partial charge in [-0.15, -0.1) is 6.58 Å². The van der Waals surface area contributed by atoms with Gasteiger partial charge in [0.15, 0.2) is 24.8 Å². The van der Waals surface area contributed by atoms with Crippen LogP contribution in [0.25, 0.3) is 0 Å². The highest BCUT2D eigenvalue weighted by atomic mass is 16.8. The molecule has 2 saturated heterocycles. The van der Waals surface area contributed by atoms with Gasteiger partial charge in [-0.25, -0.2) is 9.59 Å². The molecule has 10 atom stereocenters. The summed E-state index contributed by atoms with van der Waals surface area (Å²) >= 11 is 0. The number of ether oxygens (including phenoxy) is 10. The number of esters is 2. The van der Waals surface area contributed by atoms with Crippen LogP contribution >= 0.6 is 0 Å². The van der Waals surface area contributed by atoms with Crippen molar-refractivity contribution >= 4 is 11.9 Å². The zero-order valence-corrected chi connectivity index (χ0v) is 38.7. The summed E-state index contributed by atoms with van der Waals surface area (Å²) in [6, 6.07) is 55.5. The van der Waals surface area contributed by atoms with Crippen LogP contribution < -0.4 is 0 Å². The minimum Gasteiger partial charge on any atom is -0.450 e. The lowest BCUT2D eigenvalue weighted by Crippen LogP contribution is -2.64. The fraction of sp³-hybridized carbons (Fsp3) is 0.298. The lowest BCUT2D eigenvalue weighted by atomic mass is 9.96. The van der Waals surface area contributed by atoms with Crippen LogP contribution in [0.5, 0.6) is 0 Å². The van der Waals surface area contributed by atoms with E-state index in [0.717, 1.165) is 22.3 Å². The van der Waals surface area contributed by atoms with Gasteiger partial charge in [0.1, 0.15) is 36.6 Å². The molecule has 6 aromatic rings. The van der Waals surface area contributed by atoms with Crippen molar-refractivity contribution in [1.29, 1.82) is 0 Å². The Bertz CT molecular complexity index is 2470. The smallest absolute Gasteiger partial charge is 0.338 e. The van der Waals surface area contributed by atoms with Crippen molar-refractivity contribution in [2.45, 2.75) is 87.8 Å². The quantitative estimate of drug-likeness (QED) is 0.0485. The van der Waals surface area contributed by atoms with Gasteiger partial charge in [0.2, 0.25) is 0 Å². The van der Waals surface area contributed by atoms with Gasteiger partial charge >= 0.3 is 11.9 Å². The fourth-order valence-corrected chi connectivity index (χ4v) is 8.29. The van der Waals surface area contributed by atoms with Gasteiger partial charge in [-0.2, -0.15) is 0 Å². The summed E-state index contributed by atoms with van der Waals surface area (Å²) in [4.78, 5) is 28.0. The zero-order valence-electron chi connectivity index (χ0n) is 38.7. The molecule has 1 N–H and O–H groups in total. The van der Waals surface area contributed by atoms with Crippen molar-refractivity contribution in [2.24, 2.45) is 0 Å². The Hall–Kier alpha value is -6.36. The van der Waals surface area contributed by atoms with E-state index in [4.69, 9.17) is 47.4 Å². The minimum absolute atomic E-state index is 0.0325. The molecule has 0 aliphatic carbocycles. The van der Waals surface area contributed by atoms with Gasteiger partial charge in [-0.3, -0.25) is 0 Å². The molecule has 2 heterocycles. The molecule has 70 heavy (non-hydrogen) atoms. The third-order valence-corrected chi connectivity index (χ3v) is 11.8. The fourth-order valence-electron chi connectivity index (χ4n) is 8.29. The molecular weight excluding hydrogens is 893 g/mol. The SMILES string of the molecule is C=CCO[C@H]1O[C@H](CO[C@H]2O[C@H](CO)[C@@H](OCc3ccccc3)[C@H](OCc3ccccc3)[C@@H]2OC(=O)c2ccccc2)[C@@H](OCc2ccccc2)[C@H](OCc2ccccc2)[C@@H]1OC(=O)c1ccccc1. The van der Waals surface area contributed by atoms with Gasteiger partial charge in [0, 0.05) is 0 Å². The molecule has 0 spiro atoms. The second-order valence-corrected chi connectivity index (χ2v) is 16.7. The number of aliphatic hydroxyl groups excluding tert-OH is 1. The number of aliphatic hydroxyl groups is 1. The van der Waals surface area contributed by atoms with Crippen LogP contribution in [0.2, 0.25) is 0 Å². The average Bonchev–Trinajstić information content (AvgIpc) is 3.42. The predicted octanol–water partition coefficient (Wildman–Crippen LogP) is 8.44. The van der Waals surface area contributed by atoms with E-state index < -0.39 is 80.0 Å². The van der Waals surface area contributed by atoms with Crippen LogP contribution in [-0.4, -0.2) is 98.3 Å². The Balaban J connectivity index is 1.14. The highest BCUT2D eigenvalue weighted by molar-refractivity contribution is 5.90. The lowest BCUT2D eigenvalue weighted by molar-refractivity contribution is -0.342. The number of rotatable bonds is 23. The Morgan fingerprint density at radius 2 is 0.757 bits per heavy atom. The molecule has 2 fully saturated rings. The summed E-state index contributed by atoms with van der Waals surface area (Å²) < 4.78 is 65.7. The minimum atomic E-state index is -1.36. The van der Waals surface area contributed by atoms with Gasteiger partial charge in [0.25, 0.3) is 0 Å². The third-order valence-electron chi connectivity index (χ3n) is 11.8. The first-order valence-electron chi connectivity index (χ1n) is 23.4. The van der Waals surface area contributed by atoms with Crippen molar-refractivity contribution < 1.29 is 62.1 Å². The molecule has 2 aliphatic heterocycles. The molecule has 0 amide bonds. The van der Waals surface area contributed by atoms with Crippen molar-refractivity contribution in [2.75, 3.05) is 19.8 Å². The molecule has 0 bridgehead atoms. The average molecular weight is 951 g/mol. The Morgan fingerprint density at radius 3 is 1.13 bits per heavy atom. The summed E-state index contributed by atoms with van der Waals surface area (Å²) in [7, 11) is 0. The normalized spacial score (nSPS) is 24.3. The number of hydrogen-bond donors (Lipinski definition) is 1. The van der Waals surface area contributed by atoms with E-state index in [0.29, 0.717) is 5.56 Å². The van der Waals surface area contributed by atoms with E-state index in [2.05, 4.69) is 6.58 Å². The maximum absolute atomic E-state index is 14.1. The van der Waals surface area contributed by atoms with E-state index in [-0.39, 0.29) is 45.2 Å². The second kappa shape index (κ2) is 26.0. The molecule has 0 aromatic heterocycles. The van der Waals surface area contributed by atoms with E-state index in [1.165, 1.54) is 0 Å². The van der Waals surface area contributed by atoms with Crippen LogP contribution in [0.4, 0.5) is 0 Å². The Kier molecular flexibility index (Phi) is 18.6. The molecule has 0 saturated carbocycles. The number of hydrogen-bond acceptors (Lipinski definition) is 13. The molecule has 6 aromatic carbocycles. The van der Waals surface area contributed by atoms with E-state index >= 15 is 0 Å². The largest absolute Gasteiger partial charge is 0.450 e. The third kappa shape index (κ3) is 13.7. The summed E-state index contributed by atoms with van der Waals surface area (Å²) in [5.41, 5.74) is 4.05. The van der Waals surface area contributed by atoms with E-state index in [1.807, 2.05) is 127 Å². The van der Waals surface area contributed by atoms with E-state index in [1.54, 1.807) is 60.7 Å². The highest BCUT2D eigenvalue weighted by Gasteiger charge is 2.53. The first kappa shape index (κ1) is 50.0. The standard InChI is InChI=1S/C57H58O13/c1-2-33-61-56-52(69-54(59)44-29-17-7-18-30-44)51(65-38-43-27-15-6-16-28-43)49(63-36-41-23-11-4-12-24-41)47(68-56)39-66-57-53(70-55(60)45-31-19-8-20-32-45)50(64-37-42-25-13-5-14-26-42)48(46(34-58)67-57)62-35-40-21-9-3-10-22-40/h2-32,46-53,56-58H,1,33-39H2/t46-,47-,48-,49-,50+,51+,52+,53+,56+,57+/m1/s1. The first-order valence-corrected chi connectivity index (χ1v) is 23.4. The molecule has 8 rings (SSSR count). The van der Waals surface area contributed by atoms with E-state index in [9.17, 15) is 14.7 Å². The summed E-state index contributed by atoms with van der Waals surface area (Å²) in [6.07, 6.45) is -9.38. The zero-order chi connectivity index (χ0) is 48.3. The van der Waals surface area contributed by atoms with Crippen LogP contribution in [0.1, 0.15) is 43.0 Å². The van der Waals surface area contributed by atoms with Crippen molar-refractivity contribution in [1.82, 2.24) is 0 Å². The maximum atomic E-state index is 14.1. The summed E-state index contributed by atoms with van der Waals surface area (Å²) in [6.45, 7) is 3.61. The van der Waals surface area contributed by atoms with Crippen molar-refractivity contribution in [3.63, 3.8) is 0 Å². The van der Waals surface area contributed by atoms with Crippen molar-refractivity contribution in [3.8, 4) is 0 Å². The lowest BCUT2D eigenvalue weighted by Gasteiger charge is -2.47. The van der Waals surface area contributed by atoms with Gasteiger partial charge < -0.3 is 52.5 Å². The molecule has 2 aliphatic rings. The highest BCUT2D eigenvalue weighted by Crippen LogP contribution is 2.35. The molecule has 13 heteroatoms. The molecule has 0 radical (unpaired) electrons. The Labute approximate surface area is 408 Å². The summed E-state index contributed by atoms with van der Waals surface area (Å²) in [5.74, 6) is -1.28. The monoisotopic (exact) mass is 950 g/mol. The van der Waals surface area contributed by atoms with Crippen LogP contribution in [0.3, 0.4) is 0 Å². The number of carbonyl (C=O) groups excluding carboxylic acids is 2. The predicted molar refractivity (Wildman–Crippen MR) is 258 cm³/mol. The molecule has 0 unspecified atom stereocenters. The van der Waals surface area contributed by atoms with Gasteiger partial charge in [-0.1, -0.05) is 164 Å². The Morgan fingerprint density at radius 1 is 0.429 bits per heavy atom. The van der Waals surface area contributed by atoms with Gasteiger partial charge in [0.05, 0.1) is 57.4 Å². The molecular formula is C57H58O13. The molecule has 13 nitrogen and oxygen atoms in total. The number of carbonyl (C=O) groups is 2. The van der Waals surface area contributed by atoms with Gasteiger partial charge in [-0.05, 0) is 46.5 Å². The first-order chi connectivity index (χ1) is 34.5.